The molecule has 0 unspecified atom stereocenters. The number of thioether (sulfide) groups is 1. The van der Waals surface area contributed by atoms with Gasteiger partial charge in [-0.2, -0.15) is 13.2 Å². The second-order valence-corrected chi connectivity index (χ2v) is 5.56. The standard InChI is InChI=1S/C13H9F4N5OS/c14-8-3-1-2-7(4-8)10-19-9(5-23-10)6-24-12-21-20-11(22(12)18)13(15,16)17/h1-5H,6,18H2. The largest absolute Gasteiger partial charge is 0.453 e. The van der Waals surface area contributed by atoms with E-state index in [1.807, 2.05) is 0 Å². The molecule has 2 N–H and O–H groups in total. The summed E-state index contributed by atoms with van der Waals surface area (Å²) in [4.78, 5) is 4.15. The average molecular weight is 359 g/mol. The predicted molar refractivity (Wildman–Crippen MR) is 76.6 cm³/mol. The molecule has 0 aliphatic carbocycles. The van der Waals surface area contributed by atoms with Crippen LogP contribution in [-0.4, -0.2) is 19.9 Å². The summed E-state index contributed by atoms with van der Waals surface area (Å²) < 4.78 is 56.5. The number of aromatic nitrogens is 4. The van der Waals surface area contributed by atoms with E-state index in [0.717, 1.165) is 11.8 Å². The zero-order valence-corrected chi connectivity index (χ0v) is 12.6. The van der Waals surface area contributed by atoms with Crippen molar-refractivity contribution in [1.82, 2.24) is 19.9 Å². The van der Waals surface area contributed by atoms with E-state index in [-0.39, 0.29) is 16.8 Å². The first kappa shape index (κ1) is 16.3. The molecule has 0 fully saturated rings. The van der Waals surface area contributed by atoms with E-state index in [2.05, 4.69) is 15.2 Å². The number of rotatable bonds is 4. The van der Waals surface area contributed by atoms with Gasteiger partial charge in [0, 0.05) is 11.3 Å². The van der Waals surface area contributed by atoms with E-state index in [0.29, 0.717) is 15.9 Å². The highest BCUT2D eigenvalue weighted by molar-refractivity contribution is 7.98. The second kappa shape index (κ2) is 6.15. The van der Waals surface area contributed by atoms with Gasteiger partial charge in [0.15, 0.2) is 0 Å². The molecule has 24 heavy (non-hydrogen) atoms. The number of hydrogen-bond donors (Lipinski definition) is 1. The van der Waals surface area contributed by atoms with Crippen LogP contribution in [0.15, 0.2) is 40.1 Å². The third kappa shape index (κ3) is 3.35. The van der Waals surface area contributed by atoms with Crippen molar-refractivity contribution in [3.63, 3.8) is 0 Å². The van der Waals surface area contributed by atoms with Gasteiger partial charge >= 0.3 is 6.18 Å². The molecule has 6 nitrogen and oxygen atoms in total. The van der Waals surface area contributed by atoms with Crippen LogP contribution in [0.3, 0.4) is 0 Å². The molecule has 0 saturated carbocycles. The molecule has 0 saturated heterocycles. The molecule has 2 heterocycles. The summed E-state index contributed by atoms with van der Waals surface area (Å²) in [6.07, 6.45) is -3.35. The zero-order valence-electron chi connectivity index (χ0n) is 11.8. The Hall–Kier alpha value is -2.56. The highest BCUT2D eigenvalue weighted by Gasteiger charge is 2.38. The molecule has 0 aliphatic heterocycles. The first-order valence-electron chi connectivity index (χ1n) is 6.45. The van der Waals surface area contributed by atoms with Gasteiger partial charge in [0.1, 0.15) is 12.1 Å². The molecule has 11 heteroatoms. The van der Waals surface area contributed by atoms with Crippen LogP contribution in [0.5, 0.6) is 0 Å². The molecule has 0 bridgehead atoms. The Morgan fingerprint density at radius 1 is 1.25 bits per heavy atom. The van der Waals surface area contributed by atoms with E-state index in [9.17, 15) is 17.6 Å². The van der Waals surface area contributed by atoms with Gasteiger partial charge in [-0.25, -0.2) is 14.1 Å². The van der Waals surface area contributed by atoms with Crippen molar-refractivity contribution in [1.29, 1.82) is 0 Å². The molecule has 0 spiro atoms. The lowest BCUT2D eigenvalue weighted by Crippen LogP contribution is -2.21. The minimum Gasteiger partial charge on any atom is -0.444 e. The van der Waals surface area contributed by atoms with Gasteiger partial charge in [-0.1, -0.05) is 17.8 Å². The summed E-state index contributed by atoms with van der Waals surface area (Å²) >= 11 is 0.917. The van der Waals surface area contributed by atoms with Gasteiger partial charge < -0.3 is 10.3 Å². The van der Waals surface area contributed by atoms with E-state index in [1.165, 1.54) is 24.5 Å². The van der Waals surface area contributed by atoms with Crippen molar-refractivity contribution in [2.45, 2.75) is 17.1 Å². The van der Waals surface area contributed by atoms with E-state index in [4.69, 9.17) is 10.3 Å². The van der Waals surface area contributed by atoms with Gasteiger partial charge in [-0.15, -0.1) is 10.2 Å². The first-order chi connectivity index (χ1) is 11.3. The quantitative estimate of drug-likeness (QED) is 0.438. The first-order valence-corrected chi connectivity index (χ1v) is 7.44. The van der Waals surface area contributed by atoms with Gasteiger partial charge in [0.25, 0.3) is 5.82 Å². The smallest absolute Gasteiger partial charge is 0.444 e. The SMILES string of the molecule is Nn1c(SCc2coc(-c3cccc(F)c3)n2)nnc1C(F)(F)F. The number of nitrogen functional groups attached to an aromatic ring is 1. The maximum atomic E-state index is 13.2. The summed E-state index contributed by atoms with van der Waals surface area (Å²) in [5.41, 5.74) is 0.892. The van der Waals surface area contributed by atoms with Crippen LogP contribution in [0.4, 0.5) is 17.6 Å². The minimum atomic E-state index is -4.68. The number of nitrogens with zero attached hydrogens (tertiary/aromatic N) is 4. The molecule has 3 aromatic rings. The molecule has 1 aromatic carbocycles. The van der Waals surface area contributed by atoms with Crippen molar-refractivity contribution in [2.75, 3.05) is 5.84 Å². The van der Waals surface area contributed by atoms with E-state index < -0.39 is 17.8 Å². The van der Waals surface area contributed by atoms with Crippen LogP contribution >= 0.6 is 11.8 Å². The van der Waals surface area contributed by atoms with Crippen molar-refractivity contribution in [3.8, 4) is 11.5 Å². The highest BCUT2D eigenvalue weighted by Crippen LogP contribution is 2.30. The summed E-state index contributed by atoms with van der Waals surface area (Å²) in [5, 5.41) is 6.30. The van der Waals surface area contributed by atoms with Crippen LogP contribution < -0.4 is 5.84 Å². The fourth-order valence-corrected chi connectivity index (χ4v) is 2.57. The maximum absolute atomic E-state index is 13.2. The van der Waals surface area contributed by atoms with Crippen LogP contribution in [0.1, 0.15) is 11.5 Å². The Kier molecular flexibility index (Phi) is 4.18. The maximum Gasteiger partial charge on any atom is 0.453 e. The van der Waals surface area contributed by atoms with Gasteiger partial charge in [0.2, 0.25) is 11.0 Å². The number of benzene rings is 1. The second-order valence-electron chi connectivity index (χ2n) is 4.62. The van der Waals surface area contributed by atoms with E-state index in [1.54, 1.807) is 6.07 Å². The summed E-state index contributed by atoms with van der Waals surface area (Å²) in [5.74, 6) is 3.98. The Labute approximate surface area is 136 Å². The summed E-state index contributed by atoms with van der Waals surface area (Å²) in [6, 6.07) is 5.68. The molecule has 126 valence electrons. The Balaban J connectivity index is 1.71. The van der Waals surface area contributed by atoms with Crippen molar-refractivity contribution < 1.29 is 22.0 Å². The summed E-state index contributed by atoms with van der Waals surface area (Å²) in [6.45, 7) is 0. The normalized spacial score (nSPS) is 11.8. The van der Waals surface area contributed by atoms with Gasteiger partial charge in [0.05, 0.1) is 5.69 Å². The molecular formula is C13H9F4N5OS. The van der Waals surface area contributed by atoms with E-state index >= 15 is 0 Å². The molecule has 0 radical (unpaired) electrons. The fourth-order valence-electron chi connectivity index (χ4n) is 1.83. The number of halogens is 4. The number of alkyl halides is 3. The van der Waals surface area contributed by atoms with Crippen molar-refractivity contribution in [2.24, 2.45) is 0 Å². The highest BCUT2D eigenvalue weighted by atomic mass is 32.2. The minimum absolute atomic E-state index is 0.113. The molecule has 2 aromatic heterocycles. The lowest BCUT2D eigenvalue weighted by atomic mass is 10.2. The Morgan fingerprint density at radius 2 is 2.04 bits per heavy atom. The number of nitrogens with two attached hydrogens (primary N) is 1. The lowest BCUT2D eigenvalue weighted by Gasteiger charge is -2.05. The van der Waals surface area contributed by atoms with Gasteiger partial charge in [-0.3, -0.25) is 0 Å². The Morgan fingerprint density at radius 3 is 2.71 bits per heavy atom. The van der Waals surface area contributed by atoms with Crippen LogP contribution in [0.2, 0.25) is 0 Å². The lowest BCUT2D eigenvalue weighted by molar-refractivity contribution is -0.146. The third-order valence-corrected chi connectivity index (χ3v) is 3.87. The van der Waals surface area contributed by atoms with Gasteiger partial charge in [-0.05, 0) is 18.2 Å². The van der Waals surface area contributed by atoms with Crippen LogP contribution in [0.25, 0.3) is 11.5 Å². The Bertz CT molecular complexity index is 860. The summed E-state index contributed by atoms with van der Waals surface area (Å²) in [7, 11) is 0. The molecule has 0 aliphatic rings. The third-order valence-electron chi connectivity index (χ3n) is 2.89. The number of hydrogen-bond acceptors (Lipinski definition) is 6. The molecule has 0 amide bonds. The van der Waals surface area contributed by atoms with Crippen molar-refractivity contribution >= 4 is 11.8 Å². The molecular weight excluding hydrogens is 350 g/mol. The zero-order chi connectivity index (χ0) is 17.3. The number of oxazole rings is 1. The average Bonchev–Trinajstić information content (AvgIpc) is 3.11. The molecule has 0 atom stereocenters. The predicted octanol–water partition coefficient (Wildman–Crippen LogP) is 3.10. The molecule has 3 rings (SSSR count). The van der Waals surface area contributed by atoms with Crippen LogP contribution in [-0.2, 0) is 11.9 Å². The monoisotopic (exact) mass is 359 g/mol. The van der Waals surface area contributed by atoms with Crippen molar-refractivity contribution in [3.05, 3.63) is 47.9 Å². The topological polar surface area (TPSA) is 82.8 Å². The van der Waals surface area contributed by atoms with Crippen LogP contribution in [0, 0.1) is 5.82 Å². The fraction of sp³-hybridized carbons (Fsp3) is 0.154.